The average Bonchev–Trinajstić information content (AvgIpc) is 3.03. The van der Waals surface area contributed by atoms with E-state index in [1.807, 2.05) is 36.1 Å². The van der Waals surface area contributed by atoms with Crippen molar-refractivity contribution in [3.8, 4) is 11.4 Å². The second-order valence-electron chi connectivity index (χ2n) is 8.16. The molecule has 134 valence electrons. The quantitative estimate of drug-likeness (QED) is 0.822. The van der Waals surface area contributed by atoms with Gasteiger partial charge in [-0.3, -0.25) is 4.79 Å². The maximum Gasteiger partial charge on any atom is 0.249 e. The Morgan fingerprint density at radius 2 is 2.12 bits per heavy atom. The minimum atomic E-state index is -0.102. The third kappa shape index (κ3) is 4.27. The number of aryl methyl sites for hydroxylation is 1. The summed E-state index contributed by atoms with van der Waals surface area (Å²) < 4.78 is 5.55. The molecular weight excluding hydrogens is 314 g/mol. The standard InChI is InChI=1S/C20H27N3O2/c1-14-8-7-9-15(12-14)18-21-19(25-22-18)16-10-5-6-11-23(16)17(24)13-20(2,3)4/h7-9,12,16H,5-6,10-11,13H2,1-4H3. The van der Waals surface area contributed by atoms with E-state index in [2.05, 4.69) is 30.9 Å². The third-order valence-electron chi connectivity index (χ3n) is 4.51. The lowest BCUT2D eigenvalue weighted by atomic mass is 9.90. The van der Waals surface area contributed by atoms with Crippen LogP contribution in [0.5, 0.6) is 0 Å². The van der Waals surface area contributed by atoms with Gasteiger partial charge in [-0.05, 0) is 37.7 Å². The van der Waals surface area contributed by atoms with Crippen LogP contribution in [-0.4, -0.2) is 27.5 Å². The smallest absolute Gasteiger partial charge is 0.249 e. The number of nitrogens with zero attached hydrogens (tertiary/aromatic N) is 3. The number of aromatic nitrogens is 2. The van der Waals surface area contributed by atoms with Gasteiger partial charge in [0.2, 0.25) is 17.6 Å². The SMILES string of the molecule is Cc1cccc(-c2noc(C3CCCCN3C(=O)CC(C)(C)C)n2)c1. The van der Waals surface area contributed by atoms with Crippen molar-refractivity contribution in [3.63, 3.8) is 0 Å². The van der Waals surface area contributed by atoms with Crippen LogP contribution >= 0.6 is 0 Å². The summed E-state index contributed by atoms with van der Waals surface area (Å²) in [5.74, 6) is 1.32. The molecular formula is C20H27N3O2. The maximum absolute atomic E-state index is 12.8. The van der Waals surface area contributed by atoms with E-state index >= 15 is 0 Å². The largest absolute Gasteiger partial charge is 0.337 e. The number of carbonyl (C=O) groups is 1. The van der Waals surface area contributed by atoms with Crippen LogP contribution in [-0.2, 0) is 4.79 Å². The normalized spacial score (nSPS) is 18.4. The van der Waals surface area contributed by atoms with Crippen LogP contribution in [0.25, 0.3) is 11.4 Å². The molecule has 0 spiro atoms. The third-order valence-corrected chi connectivity index (χ3v) is 4.51. The number of likely N-dealkylation sites (tertiary alicyclic amines) is 1. The van der Waals surface area contributed by atoms with Crippen molar-refractivity contribution in [1.82, 2.24) is 15.0 Å². The molecule has 0 radical (unpaired) electrons. The Kier molecular flexibility index (Phi) is 4.93. The van der Waals surface area contributed by atoms with Crippen LogP contribution < -0.4 is 0 Å². The molecule has 1 aliphatic rings. The minimum Gasteiger partial charge on any atom is -0.337 e. The Balaban J connectivity index is 1.82. The van der Waals surface area contributed by atoms with Crippen LogP contribution in [0.2, 0.25) is 0 Å². The van der Waals surface area contributed by atoms with E-state index in [4.69, 9.17) is 4.52 Å². The summed E-state index contributed by atoms with van der Waals surface area (Å²) >= 11 is 0. The zero-order valence-corrected chi connectivity index (χ0v) is 15.6. The van der Waals surface area contributed by atoms with E-state index in [1.54, 1.807) is 0 Å². The van der Waals surface area contributed by atoms with Gasteiger partial charge in [-0.15, -0.1) is 0 Å². The molecule has 5 heteroatoms. The predicted octanol–water partition coefficient (Wildman–Crippen LogP) is 4.53. The van der Waals surface area contributed by atoms with E-state index in [0.717, 1.165) is 36.9 Å². The average molecular weight is 341 g/mol. The van der Waals surface area contributed by atoms with Gasteiger partial charge < -0.3 is 9.42 Å². The first-order valence-electron chi connectivity index (χ1n) is 9.04. The van der Waals surface area contributed by atoms with E-state index < -0.39 is 0 Å². The molecule has 2 heterocycles. The first kappa shape index (κ1) is 17.6. The number of piperidine rings is 1. The number of benzene rings is 1. The fourth-order valence-electron chi connectivity index (χ4n) is 3.31. The molecule has 1 atom stereocenters. The summed E-state index contributed by atoms with van der Waals surface area (Å²) in [6, 6.07) is 7.94. The highest BCUT2D eigenvalue weighted by Crippen LogP contribution is 2.33. The van der Waals surface area contributed by atoms with Crippen molar-refractivity contribution in [1.29, 1.82) is 0 Å². The zero-order chi connectivity index (χ0) is 18.0. The van der Waals surface area contributed by atoms with E-state index in [0.29, 0.717) is 18.1 Å². The Morgan fingerprint density at radius 1 is 1.32 bits per heavy atom. The molecule has 1 unspecified atom stereocenters. The summed E-state index contributed by atoms with van der Waals surface area (Å²) in [4.78, 5) is 19.3. The molecule has 0 aliphatic carbocycles. The molecule has 1 aromatic heterocycles. The minimum absolute atomic E-state index is 0.0271. The van der Waals surface area contributed by atoms with Crippen molar-refractivity contribution in [2.75, 3.05) is 6.54 Å². The lowest BCUT2D eigenvalue weighted by Gasteiger charge is -2.35. The molecule has 1 aromatic carbocycles. The van der Waals surface area contributed by atoms with Crippen LogP contribution in [0.3, 0.4) is 0 Å². The van der Waals surface area contributed by atoms with E-state index in [9.17, 15) is 4.79 Å². The van der Waals surface area contributed by atoms with Crippen molar-refractivity contribution < 1.29 is 9.32 Å². The van der Waals surface area contributed by atoms with Gasteiger partial charge >= 0.3 is 0 Å². The number of hydrogen-bond donors (Lipinski definition) is 0. The number of rotatable bonds is 3. The monoisotopic (exact) mass is 341 g/mol. The number of carbonyl (C=O) groups excluding carboxylic acids is 1. The summed E-state index contributed by atoms with van der Waals surface area (Å²) in [6.07, 6.45) is 3.52. The van der Waals surface area contributed by atoms with Gasteiger partial charge in [0.25, 0.3) is 0 Å². The fraction of sp³-hybridized carbons (Fsp3) is 0.550. The highest BCUT2D eigenvalue weighted by molar-refractivity contribution is 5.77. The van der Waals surface area contributed by atoms with Gasteiger partial charge in [0.1, 0.15) is 6.04 Å². The molecule has 1 fully saturated rings. The fourth-order valence-corrected chi connectivity index (χ4v) is 3.31. The molecule has 1 aliphatic heterocycles. The van der Waals surface area contributed by atoms with Crippen molar-refractivity contribution >= 4 is 5.91 Å². The van der Waals surface area contributed by atoms with Crippen LogP contribution in [0, 0.1) is 12.3 Å². The Morgan fingerprint density at radius 3 is 2.84 bits per heavy atom. The van der Waals surface area contributed by atoms with E-state index in [-0.39, 0.29) is 17.4 Å². The maximum atomic E-state index is 12.8. The molecule has 25 heavy (non-hydrogen) atoms. The molecule has 5 nitrogen and oxygen atoms in total. The molecule has 1 saturated heterocycles. The van der Waals surface area contributed by atoms with Gasteiger partial charge in [-0.2, -0.15) is 4.98 Å². The second kappa shape index (κ2) is 6.98. The van der Waals surface area contributed by atoms with Crippen molar-refractivity contribution in [3.05, 3.63) is 35.7 Å². The van der Waals surface area contributed by atoms with Gasteiger partial charge in [0.05, 0.1) is 0 Å². The molecule has 3 rings (SSSR count). The molecule has 0 bridgehead atoms. The molecule has 1 amide bonds. The summed E-state index contributed by atoms with van der Waals surface area (Å²) in [5, 5.41) is 4.15. The van der Waals surface area contributed by atoms with Gasteiger partial charge in [0, 0.05) is 18.5 Å². The highest BCUT2D eigenvalue weighted by Gasteiger charge is 2.33. The zero-order valence-electron chi connectivity index (χ0n) is 15.6. The topological polar surface area (TPSA) is 59.2 Å². The highest BCUT2D eigenvalue weighted by atomic mass is 16.5. The Hall–Kier alpha value is -2.17. The lowest BCUT2D eigenvalue weighted by Crippen LogP contribution is -2.40. The Labute approximate surface area is 149 Å². The van der Waals surface area contributed by atoms with Crippen LogP contribution in [0.1, 0.15) is 64.0 Å². The van der Waals surface area contributed by atoms with Crippen LogP contribution in [0.4, 0.5) is 0 Å². The lowest BCUT2D eigenvalue weighted by molar-refractivity contribution is -0.137. The number of hydrogen-bond acceptors (Lipinski definition) is 4. The van der Waals surface area contributed by atoms with Gasteiger partial charge in [-0.25, -0.2) is 0 Å². The van der Waals surface area contributed by atoms with Crippen molar-refractivity contribution in [2.24, 2.45) is 5.41 Å². The van der Waals surface area contributed by atoms with Gasteiger partial charge in [0.15, 0.2) is 0 Å². The molecule has 0 saturated carbocycles. The summed E-state index contributed by atoms with van der Waals surface area (Å²) in [5.41, 5.74) is 2.07. The Bertz CT molecular complexity index is 745. The van der Waals surface area contributed by atoms with Crippen LogP contribution in [0.15, 0.2) is 28.8 Å². The van der Waals surface area contributed by atoms with Gasteiger partial charge in [-0.1, -0.05) is 49.7 Å². The first-order chi connectivity index (χ1) is 11.8. The number of amides is 1. The van der Waals surface area contributed by atoms with Crippen molar-refractivity contribution in [2.45, 2.75) is 59.4 Å². The molecule has 2 aromatic rings. The molecule has 0 N–H and O–H groups in total. The first-order valence-corrected chi connectivity index (χ1v) is 9.04. The summed E-state index contributed by atoms with van der Waals surface area (Å²) in [6.45, 7) is 9.07. The van der Waals surface area contributed by atoms with E-state index in [1.165, 1.54) is 0 Å². The second-order valence-corrected chi connectivity index (χ2v) is 8.16. The summed E-state index contributed by atoms with van der Waals surface area (Å²) in [7, 11) is 0. The predicted molar refractivity (Wildman–Crippen MR) is 96.8 cm³/mol.